The van der Waals surface area contributed by atoms with Crippen LogP contribution in [-0.2, 0) is 9.53 Å². The molecular formula is C16H23NO3. The average Bonchev–Trinajstić information content (AvgIpc) is 2.86. The number of carbonyl (C=O) groups excluding carboxylic acids is 1. The number of hydrogen-bond acceptors (Lipinski definition) is 4. The Balaban J connectivity index is 2.16. The number of hydrogen-bond donors (Lipinski definition) is 1. The number of ether oxygens (including phenoxy) is 2. The Morgan fingerprint density at radius 1 is 1.35 bits per heavy atom. The van der Waals surface area contributed by atoms with Crippen molar-refractivity contribution in [1.82, 2.24) is 5.32 Å². The summed E-state index contributed by atoms with van der Waals surface area (Å²) >= 11 is 0. The fourth-order valence-electron chi connectivity index (χ4n) is 2.52. The average molecular weight is 277 g/mol. The minimum Gasteiger partial charge on any atom is -0.497 e. The summed E-state index contributed by atoms with van der Waals surface area (Å²) in [7, 11) is 1.65. The van der Waals surface area contributed by atoms with Crippen molar-refractivity contribution in [3.63, 3.8) is 0 Å². The number of benzene rings is 1. The van der Waals surface area contributed by atoms with Crippen LogP contribution in [0.25, 0.3) is 0 Å². The van der Waals surface area contributed by atoms with Crippen LogP contribution in [0.2, 0.25) is 0 Å². The zero-order valence-corrected chi connectivity index (χ0v) is 12.6. The standard InChI is InChI=1S/C16H23NO3/c1-16(2,3)20-15(18)13-8-9-17-14(13)11-6-5-7-12(10-11)19-4/h5-7,10,13-14,17H,8-9H2,1-4H3/t13-,14-/m0/s1. The second kappa shape index (κ2) is 5.83. The van der Waals surface area contributed by atoms with Crippen LogP contribution in [-0.4, -0.2) is 25.2 Å². The van der Waals surface area contributed by atoms with Gasteiger partial charge in [-0.15, -0.1) is 0 Å². The predicted molar refractivity (Wildman–Crippen MR) is 77.7 cm³/mol. The first-order chi connectivity index (χ1) is 9.40. The second-order valence-electron chi connectivity index (χ2n) is 6.14. The summed E-state index contributed by atoms with van der Waals surface area (Å²) in [6.07, 6.45) is 0.802. The van der Waals surface area contributed by atoms with Gasteiger partial charge in [0.2, 0.25) is 0 Å². The van der Waals surface area contributed by atoms with Crippen molar-refractivity contribution in [2.75, 3.05) is 13.7 Å². The lowest BCUT2D eigenvalue weighted by Gasteiger charge is -2.25. The Morgan fingerprint density at radius 2 is 2.10 bits per heavy atom. The van der Waals surface area contributed by atoms with Gasteiger partial charge in [0.25, 0.3) is 0 Å². The molecule has 0 amide bonds. The second-order valence-corrected chi connectivity index (χ2v) is 6.14. The summed E-state index contributed by atoms with van der Waals surface area (Å²) in [5, 5.41) is 3.38. The van der Waals surface area contributed by atoms with E-state index in [1.165, 1.54) is 0 Å². The number of nitrogens with one attached hydrogen (secondary N) is 1. The molecule has 1 aliphatic rings. The predicted octanol–water partition coefficient (Wildman–Crippen LogP) is 2.69. The molecule has 110 valence electrons. The summed E-state index contributed by atoms with van der Waals surface area (Å²) in [5.41, 5.74) is 0.621. The maximum absolute atomic E-state index is 12.3. The van der Waals surface area contributed by atoms with Gasteiger partial charge in [0.15, 0.2) is 0 Å². The van der Waals surface area contributed by atoms with Gasteiger partial charge < -0.3 is 14.8 Å². The molecule has 2 rings (SSSR count). The topological polar surface area (TPSA) is 47.6 Å². The third-order valence-electron chi connectivity index (χ3n) is 3.38. The highest BCUT2D eigenvalue weighted by atomic mass is 16.6. The number of rotatable bonds is 3. The molecule has 1 aromatic rings. The maximum Gasteiger partial charge on any atom is 0.311 e. The Labute approximate surface area is 120 Å². The molecule has 0 aliphatic carbocycles. The van der Waals surface area contributed by atoms with Crippen LogP contribution < -0.4 is 10.1 Å². The third kappa shape index (κ3) is 3.51. The summed E-state index contributed by atoms with van der Waals surface area (Å²) in [5.74, 6) is 0.538. The normalized spacial score (nSPS) is 22.6. The number of esters is 1. The molecule has 1 aromatic carbocycles. The zero-order chi connectivity index (χ0) is 14.8. The van der Waals surface area contributed by atoms with Crippen LogP contribution >= 0.6 is 0 Å². The van der Waals surface area contributed by atoms with Gasteiger partial charge in [0, 0.05) is 6.04 Å². The first-order valence-electron chi connectivity index (χ1n) is 7.01. The van der Waals surface area contributed by atoms with Crippen molar-refractivity contribution >= 4 is 5.97 Å². The molecule has 1 saturated heterocycles. The Bertz CT molecular complexity index is 479. The molecule has 0 aromatic heterocycles. The number of methoxy groups -OCH3 is 1. The van der Waals surface area contributed by atoms with E-state index in [2.05, 4.69) is 5.32 Å². The van der Waals surface area contributed by atoms with Gasteiger partial charge >= 0.3 is 5.97 Å². The number of carbonyl (C=O) groups is 1. The molecule has 0 saturated carbocycles. The minimum atomic E-state index is -0.446. The summed E-state index contributed by atoms with van der Waals surface area (Å²) < 4.78 is 10.8. The van der Waals surface area contributed by atoms with E-state index < -0.39 is 5.60 Å². The van der Waals surface area contributed by atoms with E-state index in [0.717, 1.165) is 24.3 Å². The van der Waals surface area contributed by atoms with Crippen molar-refractivity contribution in [3.8, 4) is 5.75 Å². The fraction of sp³-hybridized carbons (Fsp3) is 0.562. The van der Waals surface area contributed by atoms with Crippen molar-refractivity contribution in [2.45, 2.75) is 38.8 Å². The molecule has 0 spiro atoms. The van der Waals surface area contributed by atoms with E-state index in [1.54, 1.807) is 7.11 Å². The van der Waals surface area contributed by atoms with E-state index in [4.69, 9.17) is 9.47 Å². The smallest absolute Gasteiger partial charge is 0.311 e. The minimum absolute atomic E-state index is 0.0000463. The van der Waals surface area contributed by atoms with Crippen molar-refractivity contribution in [3.05, 3.63) is 29.8 Å². The van der Waals surface area contributed by atoms with Gasteiger partial charge in [-0.05, 0) is 51.4 Å². The van der Waals surface area contributed by atoms with Crippen LogP contribution in [0, 0.1) is 5.92 Å². The van der Waals surface area contributed by atoms with Crippen molar-refractivity contribution in [1.29, 1.82) is 0 Å². The quantitative estimate of drug-likeness (QED) is 0.863. The van der Waals surface area contributed by atoms with Crippen LogP contribution in [0.3, 0.4) is 0 Å². The summed E-state index contributed by atoms with van der Waals surface area (Å²) in [6.45, 7) is 6.52. The summed E-state index contributed by atoms with van der Waals surface area (Å²) in [6, 6.07) is 7.84. The van der Waals surface area contributed by atoms with Gasteiger partial charge in [0.1, 0.15) is 11.4 Å². The Kier molecular flexibility index (Phi) is 4.33. The van der Waals surface area contributed by atoms with E-state index in [1.807, 2.05) is 45.0 Å². The zero-order valence-electron chi connectivity index (χ0n) is 12.6. The van der Waals surface area contributed by atoms with Crippen LogP contribution in [0.15, 0.2) is 24.3 Å². The Hall–Kier alpha value is -1.55. The highest BCUT2D eigenvalue weighted by Gasteiger charge is 2.36. The van der Waals surface area contributed by atoms with Gasteiger partial charge in [0.05, 0.1) is 13.0 Å². The summed E-state index contributed by atoms with van der Waals surface area (Å²) in [4.78, 5) is 12.3. The third-order valence-corrected chi connectivity index (χ3v) is 3.38. The molecule has 4 nitrogen and oxygen atoms in total. The molecule has 1 heterocycles. The Morgan fingerprint density at radius 3 is 2.75 bits per heavy atom. The lowest BCUT2D eigenvalue weighted by molar-refractivity contribution is -0.160. The van der Waals surface area contributed by atoms with E-state index in [-0.39, 0.29) is 17.9 Å². The van der Waals surface area contributed by atoms with Gasteiger partial charge in [-0.25, -0.2) is 0 Å². The highest BCUT2D eigenvalue weighted by Crippen LogP contribution is 2.33. The first-order valence-corrected chi connectivity index (χ1v) is 7.01. The fourth-order valence-corrected chi connectivity index (χ4v) is 2.52. The van der Waals surface area contributed by atoms with Gasteiger partial charge in [-0.2, -0.15) is 0 Å². The van der Waals surface area contributed by atoms with Crippen LogP contribution in [0.4, 0.5) is 0 Å². The molecule has 1 aliphatic heterocycles. The molecule has 1 fully saturated rings. The molecule has 1 N–H and O–H groups in total. The van der Waals surface area contributed by atoms with Crippen molar-refractivity contribution < 1.29 is 14.3 Å². The van der Waals surface area contributed by atoms with Crippen LogP contribution in [0.1, 0.15) is 38.8 Å². The highest BCUT2D eigenvalue weighted by molar-refractivity contribution is 5.74. The molecule has 0 bridgehead atoms. The molecular weight excluding hydrogens is 254 g/mol. The van der Waals surface area contributed by atoms with E-state index in [0.29, 0.717) is 0 Å². The molecule has 2 atom stereocenters. The largest absolute Gasteiger partial charge is 0.497 e. The molecule has 20 heavy (non-hydrogen) atoms. The lowest BCUT2D eigenvalue weighted by Crippen LogP contribution is -2.31. The monoisotopic (exact) mass is 277 g/mol. The first kappa shape index (κ1) is 14.9. The van der Waals surface area contributed by atoms with E-state index >= 15 is 0 Å². The SMILES string of the molecule is COc1cccc([C@@H]2NCC[C@@H]2C(=O)OC(C)(C)C)c1. The molecule has 4 heteroatoms. The molecule has 0 radical (unpaired) electrons. The molecule has 0 unspecified atom stereocenters. The van der Waals surface area contributed by atoms with Crippen molar-refractivity contribution in [2.24, 2.45) is 5.92 Å². The maximum atomic E-state index is 12.3. The van der Waals surface area contributed by atoms with Gasteiger partial charge in [-0.1, -0.05) is 12.1 Å². The van der Waals surface area contributed by atoms with Crippen LogP contribution in [0.5, 0.6) is 5.75 Å². The van der Waals surface area contributed by atoms with E-state index in [9.17, 15) is 4.79 Å². The lowest BCUT2D eigenvalue weighted by atomic mass is 9.94. The van der Waals surface area contributed by atoms with Gasteiger partial charge in [-0.3, -0.25) is 4.79 Å².